The van der Waals surface area contributed by atoms with Gasteiger partial charge in [-0.3, -0.25) is 14.9 Å². The van der Waals surface area contributed by atoms with Crippen LogP contribution in [0.25, 0.3) is 0 Å². The monoisotopic (exact) mass is 474 g/mol. The number of unbranched alkanes of at least 4 members (excludes halogenated alkanes) is 6. The van der Waals surface area contributed by atoms with Crippen molar-refractivity contribution < 1.29 is 19.2 Å². The van der Waals surface area contributed by atoms with Crippen LogP contribution in [0.1, 0.15) is 62.2 Å². The highest BCUT2D eigenvalue weighted by atomic mass is 16.6. The summed E-state index contributed by atoms with van der Waals surface area (Å²) in [6.07, 6.45) is 7.76. The van der Waals surface area contributed by atoms with E-state index < -0.39 is 10.8 Å². The Morgan fingerprint density at radius 3 is 2.29 bits per heavy atom. The number of rotatable bonds is 11. The summed E-state index contributed by atoms with van der Waals surface area (Å²) in [4.78, 5) is 26.8. The molecule has 4 rings (SSSR count). The van der Waals surface area contributed by atoms with Gasteiger partial charge in [0.05, 0.1) is 16.7 Å². The van der Waals surface area contributed by atoms with E-state index in [2.05, 4.69) is 6.92 Å². The van der Waals surface area contributed by atoms with Crippen molar-refractivity contribution >= 4 is 17.3 Å². The van der Waals surface area contributed by atoms with E-state index in [1.165, 1.54) is 31.7 Å². The van der Waals surface area contributed by atoms with Gasteiger partial charge in [-0.05, 0) is 30.7 Å². The number of ether oxygens (including phenoxy) is 2. The minimum atomic E-state index is -0.556. The predicted molar refractivity (Wildman–Crippen MR) is 136 cm³/mol. The number of carbonyl (C=O) groups excluding carboxylic acids is 1. The van der Waals surface area contributed by atoms with Crippen LogP contribution in [0.3, 0.4) is 0 Å². The van der Waals surface area contributed by atoms with Crippen LogP contribution < -0.4 is 14.4 Å². The lowest BCUT2D eigenvalue weighted by Crippen LogP contribution is -2.31. The molecule has 1 amide bonds. The minimum Gasteiger partial charge on any atom is -0.457 e. The number of hydrogen-bond acceptors (Lipinski definition) is 5. The maximum atomic E-state index is 13.7. The van der Waals surface area contributed by atoms with Crippen molar-refractivity contribution in [1.29, 1.82) is 0 Å². The number of amides is 1. The van der Waals surface area contributed by atoms with E-state index in [1.54, 1.807) is 29.2 Å². The molecule has 7 heteroatoms. The molecule has 7 nitrogen and oxygen atoms in total. The Balaban J connectivity index is 1.64. The number of benzene rings is 3. The van der Waals surface area contributed by atoms with Gasteiger partial charge in [-0.15, -0.1) is 0 Å². The molecule has 1 aliphatic heterocycles. The molecule has 0 saturated heterocycles. The molecule has 3 aromatic rings. The lowest BCUT2D eigenvalue weighted by Gasteiger charge is -2.22. The summed E-state index contributed by atoms with van der Waals surface area (Å²) in [5.74, 6) is 0.919. The number of carbonyl (C=O) groups is 1. The summed E-state index contributed by atoms with van der Waals surface area (Å²) < 4.78 is 11.9. The second-order valence-electron chi connectivity index (χ2n) is 8.64. The fraction of sp³-hybridized carbons (Fsp3) is 0.321. The topological polar surface area (TPSA) is 81.9 Å². The minimum absolute atomic E-state index is 0.0606. The molecular formula is C28H30N2O5. The first kappa shape index (κ1) is 24.3. The van der Waals surface area contributed by atoms with Crippen LogP contribution in [0.5, 0.6) is 23.0 Å². The van der Waals surface area contributed by atoms with Crippen molar-refractivity contribution in [3.8, 4) is 23.0 Å². The first-order valence-electron chi connectivity index (χ1n) is 12.2. The Labute approximate surface area is 205 Å². The molecule has 0 aromatic heterocycles. The van der Waals surface area contributed by atoms with Crippen LogP contribution in [-0.2, 0) is 0 Å². The molecule has 0 radical (unpaired) electrons. The highest BCUT2D eigenvalue weighted by molar-refractivity contribution is 6.12. The predicted octanol–water partition coefficient (Wildman–Crippen LogP) is 7.89. The highest BCUT2D eigenvalue weighted by Crippen LogP contribution is 2.44. The van der Waals surface area contributed by atoms with E-state index in [0.717, 1.165) is 19.3 Å². The second kappa shape index (κ2) is 11.5. The van der Waals surface area contributed by atoms with Crippen molar-refractivity contribution in [2.75, 3.05) is 11.4 Å². The van der Waals surface area contributed by atoms with E-state index in [0.29, 0.717) is 23.7 Å². The van der Waals surface area contributed by atoms with Gasteiger partial charge in [0.2, 0.25) is 0 Å². The molecule has 0 fully saturated rings. The number of nitro groups is 1. The summed E-state index contributed by atoms with van der Waals surface area (Å²) in [5.41, 5.74) is 0.213. The van der Waals surface area contributed by atoms with E-state index in [1.807, 2.05) is 36.4 Å². The van der Waals surface area contributed by atoms with Crippen LogP contribution in [0.2, 0.25) is 0 Å². The SMILES string of the molecule is CCCCCCCCCN1C(=O)c2c(cc(Oc3ccccc3)cc2[N+](=O)[O-])Oc2ccccc21. The molecule has 3 aromatic carbocycles. The van der Waals surface area contributed by atoms with Crippen LogP contribution >= 0.6 is 0 Å². The standard InChI is InChI=1S/C28H30N2O5/c1-2-3-4-5-6-7-13-18-29-23-16-11-12-17-25(23)35-26-20-22(34-21-14-9-8-10-15-21)19-24(30(32)33)27(26)28(29)31/h8-12,14-17,19-20H,2-7,13,18H2,1H3. The first-order chi connectivity index (χ1) is 17.1. The summed E-state index contributed by atoms with van der Waals surface area (Å²) >= 11 is 0. The third-order valence-corrected chi connectivity index (χ3v) is 6.05. The molecule has 35 heavy (non-hydrogen) atoms. The summed E-state index contributed by atoms with van der Waals surface area (Å²) in [6, 6.07) is 19.0. The normalized spacial score (nSPS) is 12.4. The largest absolute Gasteiger partial charge is 0.457 e. The van der Waals surface area contributed by atoms with Crippen molar-refractivity contribution in [3.05, 3.63) is 82.4 Å². The average molecular weight is 475 g/mol. The Morgan fingerprint density at radius 2 is 1.54 bits per heavy atom. The van der Waals surface area contributed by atoms with Crippen LogP contribution in [0.4, 0.5) is 11.4 Å². The maximum Gasteiger partial charge on any atom is 0.289 e. The summed E-state index contributed by atoms with van der Waals surface area (Å²) in [6.45, 7) is 2.66. The molecule has 0 N–H and O–H groups in total. The van der Waals surface area contributed by atoms with Crippen LogP contribution in [0.15, 0.2) is 66.7 Å². The van der Waals surface area contributed by atoms with Gasteiger partial charge in [-0.2, -0.15) is 0 Å². The number of anilines is 1. The van der Waals surface area contributed by atoms with E-state index in [4.69, 9.17) is 9.47 Å². The zero-order valence-corrected chi connectivity index (χ0v) is 19.9. The van der Waals surface area contributed by atoms with Crippen LogP contribution in [0, 0.1) is 10.1 Å². The molecule has 0 spiro atoms. The smallest absolute Gasteiger partial charge is 0.289 e. The van der Waals surface area contributed by atoms with E-state index in [9.17, 15) is 14.9 Å². The van der Waals surface area contributed by atoms with Crippen molar-refractivity contribution in [2.45, 2.75) is 51.9 Å². The molecule has 182 valence electrons. The van der Waals surface area contributed by atoms with Crippen molar-refractivity contribution in [1.82, 2.24) is 0 Å². The molecular weight excluding hydrogens is 444 g/mol. The Morgan fingerprint density at radius 1 is 0.857 bits per heavy atom. The van der Waals surface area contributed by atoms with Gasteiger partial charge >= 0.3 is 0 Å². The van der Waals surface area contributed by atoms with Crippen molar-refractivity contribution in [3.63, 3.8) is 0 Å². The number of para-hydroxylation sites is 3. The van der Waals surface area contributed by atoms with Crippen LogP contribution in [-0.4, -0.2) is 17.4 Å². The number of nitro benzene ring substituents is 1. The number of hydrogen-bond donors (Lipinski definition) is 0. The Hall–Kier alpha value is -3.87. The van der Waals surface area contributed by atoms with Gasteiger partial charge in [-0.25, -0.2) is 0 Å². The second-order valence-corrected chi connectivity index (χ2v) is 8.64. The lowest BCUT2D eigenvalue weighted by atomic mass is 10.1. The molecule has 1 heterocycles. The van der Waals surface area contributed by atoms with Gasteiger partial charge in [0.25, 0.3) is 11.6 Å². The fourth-order valence-corrected chi connectivity index (χ4v) is 4.28. The quantitative estimate of drug-likeness (QED) is 0.160. The highest BCUT2D eigenvalue weighted by Gasteiger charge is 2.35. The summed E-state index contributed by atoms with van der Waals surface area (Å²) in [5, 5.41) is 12.0. The summed E-state index contributed by atoms with van der Waals surface area (Å²) in [7, 11) is 0. The van der Waals surface area contributed by atoms with Gasteiger partial charge in [-0.1, -0.05) is 75.8 Å². The maximum absolute atomic E-state index is 13.7. The molecule has 0 unspecified atom stereocenters. The molecule has 1 aliphatic rings. The van der Waals surface area contributed by atoms with Crippen molar-refractivity contribution in [2.24, 2.45) is 0 Å². The molecule has 0 bridgehead atoms. The zero-order valence-electron chi connectivity index (χ0n) is 19.9. The van der Waals surface area contributed by atoms with Gasteiger partial charge in [0.1, 0.15) is 11.5 Å². The van der Waals surface area contributed by atoms with E-state index >= 15 is 0 Å². The Bertz CT molecular complexity index is 1180. The van der Waals surface area contributed by atoms with Gasteiger partial charge < -0.3 is 14.4 Å². The number of nitrogens with zero attached hydrogens (tertiary/aromatic N) is 2. The first-order valence-corrected chi connectivity index (χ1v) is 12.2. The zero-order chi connectivity index (χ0) is 24.6. The van der Waals surface area contributed by atoms with Gasteiger partial charge in [0.15, 0.2) is 17.1 Å². The lowest BCUT2D eigenvalue weighted by molar-refractivity contribution is -0.385. The third-order valence-electron chi connectivity index (χ3n) is 6.05. The molecule has 0 saturated carbocycles. The third kappa shape index (κ3) is 5.80. The number of fused-ring (bicyclic) bond motifs is 2. The fourth-order valence-electron chi connectivity index (χ4n) is 4.28. The molecule has 0 aliphatic carbocycles. The average Bonchev–Trinajstić information content (AvgIpc) is 2.97. The molecule has 0 atom stereocenters. The van der Waals surface area contributed by atoms with E-state index in [-0.39, 0.29) is 22.7 Å². The Kier molecular flexibility index (Phi) is 7.98. The van der Waals surface area contributed by atoms with Gasteiger partial charge in [0, 0.05) is 12.6 Å².